The van der Waals surface area contributed by atoms with Crippen LogP contribution in [0.4, 0.5) is 0 Å². The van der Waals surface area contributed by atoms with E-state index >= 15 is 0 Å². The smallest absolute Gasteiger partial charge is 0.118 e. The molecular formula is C12H20N2O. The molecule has 1 heterocycles. The second-order valence-corrected chi connectivity index (χ2v) is 4.33. The Balaban J connectivity index is 1.92. The third-order valence-corrected chi connectivity index (χ3v) is 2.88. The van der Waals surface area contributed by atoms with Crippen LogP contribution in [0.3, 0.4) is 0 Å². The molecular weight excluding hydrogens is 188 g/mol. The highest BCUT2D eigenvalue weighted by atomic mass is 16.3. The minimum Gasteiger partial charge on any atom is -0.468 e. The van der Waals surface area contributed by atoms with Gasteiger partial charge in [0.15, 0.2) is 0 Å². The molecule has 0 spiro atoms. The maximum Gasteiger partial charge on any atom is 0.118 e. The molecule has 3 heteroatoms. The number of nitrogens with two attached hydrogens (primary N) is 1. The molecule has 0 unspecified atom stereocenters. The SMILES string of the molecule is CCCN(Cc1cc(CN)co1)C1CC1. The lowest BCUT2D eigenvalue weighted by Gasteiger charge is -2.19. The molecule has 3 nitrogen and oxygen atoms in total. The van der Waals surface area contributed by atoms with Gasteiger partial charge in [-0.25, -0.2) is 0 Å². The molecule has 0 radical (unpaired) electrons. The molecule has 1 aromatic heterocycles. The Morgan fingerprint density at radius 2 is 2.33 bits per heavy atom. The van der Waals surface area contributed by atoms with Crippen LogP contribution in [0.15, 0.2) is 16.7 Å². The molecule has 1 saturated carbocycles. The fourth-order valence-corrected chi connectivity index (χ4v) is 1.93. The van der Waals surface area contributed by atoms with Crippen LogP contribution in [-0.2, 0) is 13.1 Å². The van der Waals surface area contributed by atoms with Gasteiger partial charge in [0.25, 0.3) is 0 Å². The molecule has 0 aliphatic heterocycles. The molecule has 0 bridgehead atoms. The summed E-state index contributed by atoms with van der Waals surface area (Å²) in [4.78, 5) is 2.51. The Labute approximate surface area is 91.2 Å². The summed E-state index contributed by atoms with van der Waals surface area (Å²) in [7, 11) is 0. The van der Waals surface area contributed by atoms with E-state index in [1.807, 2.05) is 0 Å². The normalized spacial score (nSPS) is 16.2. The molecule has 84 valence electrons. The molecule has 1 aliphatic carbocycles. The first-order valence-electron chi connectivity index (χ1n) is 5.84. The second kappa shape index (κ2) is 4.81. The van der Waals surface area contributed by atoms with Gasteiger partial charge in [0.05, 0.1) is 12.8 Å². The molecule has 1 aliphatic rings. The molecule has 2 N–H and O–H groups in total. The third-order valence-electron chi connectivity index (χ3n) is 2.88. The molecule has 0 aromatic carbocycles. The number of furan rings is 1. The van der Waals surface area contributed by atoms with Crippen LogP contribution in [-0.4, -0.2) is 17.5 Å². The van der Waals surface area contributed by atoms with Crippen molar-refractivity contribution in [2.75, 3.05) is 6.54 Å². The lowest BCUT2D eigenvalue weighted by molar-refractivity contribution is 0.234. The van der Waals surface area contributed by atoms with Crippen molar-refractivity contribution >= 4 is 0 Å². The van der Waals surface area contributed by atoms with Crippen LogP contribution < -0.4 is 5.73 Å². The highest BCUT2D eigenvalue weighted by Gasteiger charge is 2.28. The summed E-state index contributed by atoms with van der Waals surface area (Å²) in [5.41, 5.74) is 6.65. The second-order valence-electron chi connectivity index (χ2n) is 4.33. The van der Waals surface area contributed by atoms with E-state index in [9.17, 15) is 0 Å². The fourth-order valence-electron chi connectivity index (χ4n) is 1.93. The lowest BCUT2D eigenvalue weighted by Crippen LogP contribution is -2.26. The average Bonchev–Trinajstić information content (AvgIpc) is 2.99. The van der Waals surface area contributed by atoms with Crippen LogP contribution >= 0.6 is 0 Å². The Morgan fingerprint density at radius 1 is 1.53 bits per heavy atom. The summed E-state index contributed by atoms with van der Waals surface area (Å²) in [6.07, 6.45) is 5.68. The standard InChI is InChI=1S/C12H20N2O/c1-2-5-14(11-3-4-11)8-12-6-10(7-13)9-15-12/h6,9,11H,2-5,7-8,13H2,1H3. The van der Waals surface area contributed by atoms with Crippen molar-refractivity contribution in [2.24, 2.45) is 5.73 Å². The molecule has 15 heavy (non-hydrogen) atoms. The Kier molecular flexibility index (Phi) is 3.44. The van der Waals surface area contributed by atoms with E-state index in [-0.39, 0.29) is 0 Å². The van der Waals surface area contributed by atoms with Crippen LogP contribution in [0, 0.1) is 0 Å². The predicted molar refractivity (Wildman–Crippen MR) is 60.3 cm³/mol. The molecule has 0 amide bonds. The lowest BCUT2D eigenvalue weighted by atomic mass is 10.3. The molecule has 1 fully saturated rings. The Bertz CT molecular complexity index is 304. The summed E-state index contributed by atoms with van der Waals surface area (Å²) in [6, 6.07) is 2.88. The molecule has 1 aromatic rings. The zero-order valence-corrected chi connectivity index (χ0v) is 9.41. The summed E-state index contributed by atoms with van der Waals surface area (Å²) < 4.78 is 5.49. The molecule has 2 rings (SSSR count). The van der Waals surface area contributed by atoms with Crippen LogP contribution in [0.5, 0.6) is 0 Å². The summed E-state index contributed by atoms with van der Waals surface area (Å²) in [6.45, 7) is 4.91. The van der Waals surface area contributed by atoms with E-state index in [4.69, 9.17) is 10.2 Å². The van der Waals surface area contributed by atoms with Crippen molar-refractivity contribution < 1.29 is 4.42 Å². The highest BCUT2D eigenvalue weighted by molar-refractivity contribution is 5.12. The van der Waals surface area contributed by atoms with Crippen molar-refractivity contribution in [2.45, 2.75) is 45.3 Å². The first kappa shape index (κ1) is 10.7. The molecule has 0 saturated heterocycles. The molecule has 0 atom stereocenters. The van der Waals surface area contributed by atoms with Crippen LogP contribution in [0.1, 0.15) is 37.5 Å². The Morgan fingerprint density at radius 3 is 2.87 bits per heavy atom. The van der Waals surface area contributed by atoms with Crippen LogP contribution in [0.2, 0.25) is 0 Å². The largest absolute Gasteiger partial charge is 0.468 e. The van der Waals surface area contributed by atoms with Crippen molar-refractivity contribution in [3.05, 3.63) is 23.7 Å². The van der Waals surface area contributed by atoms with E-state index < -0.39 is 0 Å². The van der Waals surface area contributed by atoms with E-state index in [0.717, 1.165) is 23.9 Å². The van der Waals surface area contributed by atoms with Crippen LogP contribution in [0.25, 0.3) is 0 Å². The van der Waals surface area contributed by atoms with Crippen molar-refractivity contribution in [3.8, 4) is 0 Å². The number of hydrogen-bond acceptors (Lipinski definition) is 3. The zero-order chi connectivity index (χ0) is 10.7. The summed E-state index contributed by atoms with van der Waals surface area (Å²) in [5.74, 6) is 1.05. The van der Waals surface area contributed by atoms with Gasteiger partial charge in [-0.15, -0.1) is 0 Å². The van der Waals surface area contributed by atoms with Crippen molar-refractivity contribution in [3.63, 3.8) is 0 Å². The monoisotopic (exact) mass is 208 g/mol. The van der Waals surface area contributed by atoms with E-state index in [0.29, 0.717) is 6.54 Å². The minimum atomic E-state index is 0.570. The predicted octanol–water partition coefficient (Wildman–Crippen LogP) is 2.11. The van der Waals surface area contributed by atoms with E-state index in [1.165, 1.54) is 25.8 Å². The summed E-state index contributed by atoms with van der Waals surface area (Å²) >= 11 is 0. The first-order chi connectivity index (χ1) is 7.33. The van der Waals surface area contributed by atoms with Gasteiger partial charge in [-0.3, -0.25) is 4.90 Å². The minimum absolute atomic E-state index is 0.570. The number of nitrogens with zero attached hydrogens (tertiary/aromatic N) is 1. The van der Waals surface area contributed by atoms with Gasteiger partial charge in [-0.05, 0) is 31.9 Å². The summed E-state index contributed by atoms with van der Waals surface area (Å²) in [5, 5.41) is 0. The van der Waals surface area contributed by atoms with E-state index in [1.54, 1.807) is 6.26 Å². The van der Waals surface area contributed by atoms with Gasteiger partial charge < -0.3 is 10.2 Å². The van der Waals surface area contributed by atoms with Gasteiger partial charge in [0.2, 0.25) is 0 Å². The average molecular weight is 208 g/mol. The zero-order valence-electron chi connectivity index (χ0n) is 9.41. The quantitative estimate of drug-likeness (QED) is 0.778. The maximum absolute atomic E-state index is 5.55. The Hall–Kier alpha value is -0.800. The van der Waals surface area contributed by atoms with Gasteiger partial charge in [-0.1, -0.05) is 6.92 Å². The third kappa shape index (κ3) is 2.83. The van der Waals surface area contributed by atoms with E-state index in [2.05, 4.69) is 17.9 Å². The van der Waals surface area contributed by atoms with Crippen molar-refractivity contribution in [1.29, 1.82) is 0 Å². The fraction of sp³-hybridized carbons (Fsp3) is 0.667. The van der Waals surface area contributed by atoms with Gasteiger partial charge >= 0.3 is 0 Å². The number of rotatable bonds is 6. The first-order valence-corrected chi connectivity index (χ1v) is 5.84. The number of hydrogen-bond donors (Lipinski definition) is 1. The highest BCUT2D eigenvalue weighted by Crippen LogP contribution is 2.28. The van der Waals surface area contributed by atoms with Gasteiger partial charge in [0.1, 0.15) is 5.76 Å². The van der Waals surface area contributed by atoms with Gasteiger partial charge in [0, 0.05) is 18.2 Å². The topological polar surface area (TPSA) is 42.4 Å². The maximum atomic E-state index is 5.55. The van der Waals surface area contributed by atoms with Crippen molar-refractivity contribution in [1.82, 2.24) is 4.90 Å². The van der Waals surface area contributed by atoms with Gasteiger partial charge in [-0.2, -0.15) is 0 Å².